The van der Waals surface area contributed by atoms with Gasteiger partial charge in [-0.1, -0.05) is 33.1 Å². The van der Waals surface area contributed by atoms with Crippen LogP contribution in [0.3, 0.4) is 0 Å². The summed E-state index contributed by atoms with van der Waals surface area (Å²) in [6, 6.07) is 0. The Hall–Kier alpha value is -0.480. The Morgan fingerprint density at radius 3 is 2.38 bits per heavy atom. The van der Waals surface area contributed by atoms with E-state index < -0.39 is 5.60 Å². The van der Waals surface area contributed by atoms with Crippen LogP contribution in [0.4, 0.5) is 0 Å². The van der Waals surface area contributed by atoms with E-state index >= 15 is 0 Å². The van der Waals surface area contributed by atoms with Gasteiger partial charge in [-0.05, 0) is 24.7 Å². The first-order valence-corrected chi connectivity index (χ1v) is 5.10. The van der Waals surface area contributed by atoms with Crippen molar-refractivity contribution in [1.82, 2.24) is 0 Å². The SMILES string of the molecule is C#C[C@@]1(O)CCCCC1C(C)(C)C. The Kier molecular flexibility index (Phi) is 2.73. The molecule has 0 aliphatic heterocycles. The van der Waals surface area contributed by atoms with Crippen LogP contribution in [0.5, 0.6) is 0 Å². The summed E-state index contributed by atoms with van der Waals surface area (Å²) in [4.78, 5) is 0. The third kappa shape index (κ3) is 2.06. The van der Waals surface area contributed by atoms with E-state index in [0.717, 1.165) is 19.3 Å². The standard InChI is InChI=1S/C12H20O/c1-5-12(13)9-7-6-8-10(12)11(2,3)4/h1,10,13H,6-9H2,2-4H3/t10?,12-/m1/s1. The van der Waals surface area contributed by atoms with Gasteiger partial charge in [0.1, 0.15) is 5.60 Å². The molecule has 0 saturated heterocycles. The molecule has 74 valence electrons. The molecule has 0 bridgehead atoms. The largest absolute Gasteiger partial charge is 0.377 e. The van der Waals surface area contributed by atoms with Gasteiger partial charge in [-0.3, -0.25) is 0 Å². The maximum Gasteiger partial charge on any atom is 0.128 e. The van der Waals surface area contributed by atoms with Crippen LogP contribution < -0.4 is 0 Å². The lowest BCUT2D eigenvalue weighted by Crippen LogP contribution is -2.45. The molecule has 1 saturated carbocycles. The third-order valence-electron chi connectivity index (χ3n) is 3.17. The summed E-state index contributed by atoms with van der Waals surface area (Å²) in [5, 5.41) is 10.2. The highest BCUT2D eigenvalue weighted by atomic mass is 16.3. The van der Waals surface area contributed by atoms with E-state index in [1.54, 1.807) is 0 Å². The third-order valence-corrected chi connectivity index (χ3v) is 3.17. The maximum absolute atomic E-state index is 10.2. The molecule has 0 aromatic carbocycles. The second kappa shape index (κ2) is 3.35. The van der Waals surface area contributed by atoms with Crippen molar-refractivity contribution in [3.8, 4) is 12.3 Å². The summed E-state index contributed by atoms with van der Waals surface area (Å²) in [6.45, 7) is 6.47. The molecular weight excluding hydrogens is 160 g/mol. The molecule has 1 heteroatoms. The number of hydrogen-bond donors (Lipinski definition) is 1. The van der Waals surface area contributed by atoms with E-state index in [4.69, 9.17) is 6.42 Å². The van der Waals surface area contributed by atoms with Crippen LogP contribution in [-0.2, 0) is 0 Å². The first-order chi connectivity index (χ1) is 5.90. The highest BCUT2D eigenvalue weighted by Gasteiger charge is 2.43. The summed E-state index contributed by atoms with van der Waals surface area (Å²) in [5.41, 5.74) is -0.738. The molecule has 0 heterocycles. The monoisotopic (exact) mass is 180 g/mol. The fourth-order valence-corrected chi connectivity index (χ4v) is 2.48. The number of rotatable bonds is 0. The highest BCUT2D eigenvalue weighted by molar-refractivity contribution is 5.13. The zero-order valence-electron chi connectivity index (χ0n) is 8.93. The first-order valence-electron chi connectivity index (χ1n) is 5.10. The van der Waals surface area contributed by atoms with Crippen LogP contribution in [0.1, 0.15) is 46.5 Å². The van der Waals surface area contributed by atoms with E-state index in [1.807, 2.05) is 0 Å². The molecule has 1 N–H and O–H groups in total. The molecule has 1 aliphatic carbocycles. The summed E-state index contributed by atoms with van der Waals surface area (Å²) in [5.74, 6) is 2.84. The second-order valence-corrected chi connectivity index (χ2v) is 5.23. The van der Waals surface area contributed by atoms with Gasteiger partial charge in [-0.25, -0.2) is 0 Å². The molecular formula is C12H20O. The summed E-state index contributed by atoms with van der Waals surface area (Å²) >= 11 is 0. The van der Waals surface area contributed by atoms with E-state index in [-0.39, 0.29) is 11.3 Å². The molecule has 13 heavy (non-hydrogen) atoms. The van der Waals surface area contributed by atoms with Crippen molar-refractivity contribution in [3.63, 3.8) is 0 Å². The minimum absolute atomic E-state index is 0.113. The average molecular weight is 180 g/mol. The van der Waals surface area contributed by atoms with Crippen molar-refractivity contribution in [2.75, 3.05) is 0 Å². The minimum Gasteiger partial charge on any atom is -0.377 e. The molecule has 1 aliphatic rings. The lowest BCUT2D eigenvalue weighted by molar-refractivity contribution is -0.0445. The van der Waals surface area contributed by atoms with Gasteiger partial charge in [0.05, 0.1) is 0 Å². The quantitative estimate of drug-likeness (QED) is 0.568. The zero-order chi connectivity index (χ0) is 10.1. The molecule has 1 nitrogen and oxygen atoms in total. The van der Waals surface area contributed by atoms with Gasteiger partial charge >= 0.3 is 0 Å². The topological polar surface area (TPSA) is 20.2 Å². The van der Waals surface area contributed by atoms with Crippen molar-refractivity contribution < 1.29 is 5.11 Å². The van der Waals surface area contributed by atoms with Crippen LogP contribution in [0, 0.1) is 23.7 Å². The molecule has 2 atom stereocenters. The van der Waals surface area contributed by atoms with Crippen LogP contribution in [-0.4, -0.2) is 10.7 Å². The predicted octanol–water partition coefficient (Wildman–Crippen LogP) is 2.59. The smallest absolute Gasteiger partial charge is 0.128 e. The Bertz CT molecular complexity index is 218. The van der Waals surface area contributed by atoms with Crippen LogP contribution >= 0.6 is 0 Å². The van der Waals surface area contributed by atoms with Crippen molar-refractivity contribution in [2.24, 2.45) is 11.3 Å². The molecule has 1 fully saturated rings. The van der Waals surface area contributed by atoms with Crippen LogP contribution in [0.2, 0.25) is 0 Å². The number of terminal acetylenes is 1. The summed E-state index contributed by atoms with van der Waals surface area (Å²) < 4.78 is 0. The normalized spacial score (nSPS) is 35.5. The van der Waals surface area contributed by atoms with Gasteiger partial charge in [0.25, 0.3) is 0 Å². The molecule has 0 aromatic heterocycles. The number of aliphatic hydroxyl groups is 1. The van der Waals surface area contributed by atoms with Gasteiger partial charge < -0.3 is 5.11 Å². The molecule has 0 aromatic rings. The Balaban J connectivity index is 2.87. The van der Waals surface area contributed by atoms with Crippen LogP contribution in [0.25, 0.3) is 0 Å². The summed E-state index contributed by atoms with van der Waals surface area (Å²) in [6.07, 6.45) is 9.52. The molecule has 0 radical (unpaired) electrons. The van der Waals surface area contributed by atoms with Crippen molar-refractivity contribution >= 4 is 0 Å². The van der Waals surface area contributed by atoms with Gasteiger partial charge in [0.15, 0.2) is 0 Å². The minimum atomic E-state index is -0.851. The van der Waals surface area contributed by atoms with Crippen LogP contribution in [0.15, 0.2) is 0 Å². The van der Waals surface area contributed by atoms with Gasteiger partial charge in [-0.2, -0.15) is 0 Å². The Labute approximate surface area is 81.5 Å². The lowest BCUT2D eigenvalue weighted by Gasteiger charge is -2.43. The lowest BCUT2D eigenvalue weighted by atomic mass is 9.64. The van der Waals surface area contributed by atoms with E-state index in [1.165, 1.54) is 6.42 Å². The highest BCUT2D eigenvalue weighted by Crippen LogP contribution is 2.43. The molecule has 1 unspecified atom stereocenters. The van der Waals surface area contributed by atoms with Crippen molar-refractivity contribution in [3.05, 3.63) is 0 Å². The molecule has 1 rings (SSSR count). The molecule has 0 spiro atoms. The fraction of sp³-hybridized carbons (Fsp3) is 0.833. The second-order valence-electron chi connectivity index (χ2n) is 5.23. The molecule has 0 amide bonds. The Morgan fingerprint density at radius 1 is 1.38 bits per heavy atom. The van der Waals surface area contributed by atoms with E-state index in [2.05, 4.69) is 26.7 Å². The van der Waals surface area contributed by atoms with E-state index in [9.17, 15) is 5.11 Å². The van der Waals surface area contributed by atoms with Gasteiger partial charge in [0, 0.05) is 5.92 Å². The van der Waals surface area contributed by atoms with Gasteiger partial charge in [0.2, 0.25) is 0 Å². The van der Waals surface area contributed by atoms with Crippen molar-refractivity contribution in [1.29, 1.82) is 0 Å². The number of hydrogen-bond acceptors (Lipinski definition) is 1. The summed E-state index contributed by atoms with van der Waals surface area (Å²) in [7, 11) is 0. The zero-order valence-corrected chi connectivity index (χ0v) is 8.93. The first kappa shape index (κ1) is 10.6. The van der Waals surface area contributed by atoms with Gasteiger partial charge in [-0.15, -0.1) is 6.42 Å². The average Bonchev–Trinajstić information content (AvgIpc) is 2.03. The van der Waals surface area contributed by atoms with E-state index in [0.29, 0.717) is 0 Å². The maximum atomic E-state index is 10.2. The fourth-order valence-electron chi connectivity index (χ4n) is 2.48. The Morgan fingerprint density at radius 2 is 2.00 bits per heavy atom. The predicted molar refractivity (Wildman–Crippen MR) is 55.2 cm³/mol. The van der Waals surface area contributed by atoms with Crippen molar-refractivity contribution in [2.45, 2.75) is 52.1 Å².